The lowest BCUT2D eigenvalue weighted by atomic mass is 10.2. The quantitative estimate of drug-likeness (QED) is 0.282. The topological polar surface area (TPSA) is 0 Å². The third-order valence-corrected chi connectivity index (χ3v) is 10.7. The van der Waals surface area contributed by atoms with Crippen molar-refractivity contribution in [2.75, 3.05) is 0 Å². The molecule has 3 heteroatoms. The molecule has 0 radical (unpaired) electrons. The Morgan fingerprint density at radius 3 is 2.40 bits per heavy atom. The van der Waals surface area contributed by atoms with Gasteiger partial charge in [0.05, 0.1) is 0 Å². The van der Waals surface area contributed by atoms with Crippen LogP contribution in [0.5, 0.6) is 0 Å². The Kier molecular flexibility index (Phi) is 6.46. The highest BCUT2D eigenvalue weighted by atomic mass is 127. The largest absolute Gasteiger partial charge is 0.225 e. The van der Waals surface area contributed by atoms with Crippen LogP contribution in [-0.4, -0.2) is 4.19 Å². The van der Waals surface area contributed by atoms with Crippen molar-refractivity contribution in [3.8, 4) is 0 Å². The summed E-state index contributed by atoms with van der Waals surface area (Å²) in [7, 11) is 0. The van der Waals surface area contributed by atoms with Crippen LogP contribution >= 0.6 is 37.1 Å². The number of rotatable bonds is 6. The zero-order chi connectivity index (χ0) is 11.1. The summed E-state index contributed by atoms with van der Waals surface area (Å²) in [6, 6.07) is 12.2. The lowest BCUT2D eigenvalue weighted by Crippen LogP contribution is -2.34. The second kappa shape index (κ2) is 7.07. The molecule has 15 heavy (non-hydrogen) atoms. The van der Waals surface area contributed by atoms with Crippen LogP contribution in [0.4, 0.5) is 0 Å². The highest BCUT2D eigenvalue weighted by molar-refractivity contribution is 14.1. The SMILES string of the molecule is CCCCCC[Si](Br)(I)c1ccccc1. The van der Waals surface area contributed by atoms with E-state index in [4.69, 9.17) is 0 Å². The van der Waals surface area contributed by atoms with Crippen LogP contribution < -0.4 is 5.19 Å². The van der Waals surface area contributed by atoms with Crippen molar-refractivity contribution < 1.29 is 0 Å². The summed E-state index contributed by atoms with van der Waals surface area (Å²) < 4.78 is -1.35. The van der Waals surface area contributed by atoms with Crippen molar-refractivity contribution in [3.63, 3.8) is 0 Å². The van der Waals surface area contributed by atoms with Gasteiger partial charge in [-0.25, -0.2) is 0 Å². The van der Waals surface area contributed by atoms with Gasteiger partial charge in [0.2, 0.25) is 4.19 Å². The Bertz CT molecular complexity index is 274. The van der Waals surface area contributed by atoms with Gasteiger partial charge in [-0.2, -0.15) is 0 Å². The maximum atomic E-state index is 3.97. The van der Waals surface area contributed by atoms with Gasteiger partial charge in [0.25, 0.3) is 0 Å². The van der Waals surface area contributed by atoms with E-state index in [0.29, 0.717) is 0 Å². The van der Waals surface area contributed by atoms with E-state index in [1.807, 2.05) is 0 Å². The van der Waals surface area contributed by atoms with Crippen LogP contribution in [-0.2, 0) is 0 Å². The second-order valence-electron chi connectivity index (χ2n) is 3.88. The molecule has 1 aromatic carbocycles. The molecule has 1 unspecified atom stereocenters. The van der Waals surface area contributed by atoms with Crippen molar-refractivity contribution in [2.45, 2.75) is 38.7 Å². The predicted octanol–water partition coefficient (Wildman–Crippen LogP) is 4.75. The molecular formula is C12H18BrISi. The van der Waals surface area contributed by atoms with Crippen LogP contribution in [0.25, 0.3) is 0 Å². The van der Waals surface area contributed by atoms with Crippen LogP contribution in [0.15, 0.2) is 30.3 Å². The van der Waals surface area contributed by atoms with Crippen molar-refractivity contribution in [2.24, 2.45) is 0 Å². The minimum Gasteiger partial charge on any atom is -0.106 e. The maximum Gasteiger partial charge on any atom is 0.225 e. The Hall–Kier alpha value is 0.647. The first kappa shape index (κ1) is 13.7. The van der Waals surface area contributed by atoms with Crippen molar-refractivity contribution >= 4 is 46.5 Å². The molecule has 0 spiro atoms. The second-order valence-corrected chi connectivity index (χ2v) is 20.4. The first-order valence-electron chi connectivity index (χ1n) is 5.60. The number of benzene rings is 1. The molecule has 0 N–H and O–H groups in total. The molecular weight excluding hydrogens is 379 g/mol. The smallest absolute Gasteiger partial charge is 0.106 e. The lowest BCUT2D eigenvalue weighted by Gasteiger charge is -2.18. The molecule has 1 aromatic rings. The Morgan fingerprint density at radius 2 is 1.80 bits per heavy atom. The molecule has 0 aliphatic rings. The number of hydrogen-bond acceptors (Lipinski definition) is 0. The standard InChI is InChI=1S/C12H18BrISi/c1-2-3-4-8-11-15(13,14)12-9-6-5-7-10-12/h5-7,9-10H,2-4,8,11H2,1H3. The number of hydrogen-bond donors (Lipinski definition) is 0. The van der Waals surface area contributed by atoms with Crippen molar-refractivity contribution in [1.29, 1.82) is 0 Å². The maximum absolute atomic E-state index is 3.97. The summed E-state index contributed by atoms with van der Waals surface area (Å²) in [4.78, 5) is 0. The van der Waals surface area contributed by atoms with Gasteiger partial charge in [-0.3, -0.25) is 0 Å². The molecule has 0 aliphatic carbocycles. The summed E-state index contributed by atoms with van der Waals surface area (Å²) in [6.07, 6.45) is 5.45. The molecule has 0 aliphatic heterocycles. The third kappa shape index (κ3) is 5.00. The molecule has 0 saturated heterocycles. The summed E-state index contributed by atoms with van der Waals surface area (Å²) in [5, 5.41) is 1.52. The molecule has 0 fully saturated rings. The van der Waals surface area contributed by atoms with E-state index >= 15 is 0 Å². The van der Waals surface area contributed by atoms with Gasteiger partial charge >= 0.3 is 0 Å². The Balaban J connectivity index is 2.45. The highest BCUT2D eigenvalue weighted by Gasteiger charge is 2.27. The Morgan fingerprint density at radius 1 is 1.13 bits per heavy atom. The van der Waals surface area contributed by atoms with Gasteiger partial charge in [0.15, 0.2) is 0 Å². The summed E-state index contributed by atoms with van der Waals surface area (Å²) in [5.41, 5.74) is 0. The average Bonchev–Trinajstić information content (AvgIpc) is 2.26. The van der Waals surface area contributed by atoms with Crippen molar-refractivity contribution in [3.05, 3.63) is 30.3 Å². The van der Waals surface area contributed by atoms with E-state index in [1.165, 1.54) is 36.9 Å². The molecule has 0 aromatic heterocycles. The monoisotopic (exact) mass is 396 g/mol. The molecule has 0 amide bonds. The molecule has 0 heterocycles. The lowest BCUT2D eigenvalue weighted by molar-refractivity contribution is 0.700. The normalized spacial score (nSPS) is 14.9. The van der Waals surface area contributed by atoms with Gasteiger partial charge in [0, 0.05) is 0 Å². The van der Waals surface area contributed by atoms with Crippen LogP contribution in [0.1, 0.15) is 32.6 Å². The van der Waals surface area contributed by atoms with Crippen LogP contribution in [0, 0.1) is 0 Å². The summed E-state index contributed by atoms with van der Waals surface area (Å²) >= 11 is 6.62. The fraction of sp³-hybridized carbons (Fsp3) is 0.500. The highest BCUT2D eigenvalue weighted by Crippen LogP contribution is 2.28. The van der Waals surface area contributed by atoms with Gasteiger partial charge in [0.1, 0.15) is 0 Å². The summed E-state index contributed by atoms with van der Waals surface area (Å²) in [5.74, 6) is 0. The molecule has 0 bridgehead atoms. The Labute approximate surface area is 115 Å². The number of unbranched alkanes of at least 4 members (excludes halogenated alkanes) is 3. The fourth-order valence-corrected chi connectivity index (χ4v) is 7.12. The molecule has 0 saturated carbocycles. The van der Waals surface area contributed by atoms with E-state index in [1.54, 1.807) is 0 Å². The van der Waals surface area contributed by atoms with E-state index in [2.05, 4.69) is 74.3 Å². The zero-order valence-corrected chi connectivity index (χ0v) is 13.9. The van der Waals surface area contributed by atoms with E-state index in [-0.39, 0.29) is 0 Å². The molecule has 1 atom stereocenters. The van der Waals surface area contributed by atoms with Gasteiger partial charge in [-0.05, 0) is 11.2 Å². The zero-order valence-electron chi connectivity index (χ0n) is 9.18. The van der Waals surface area contributed by atoms with Gasteiger partial charge < -0.3 is 0 Å². The van der Waals surface area contributed by atoms with Gasteiger partial charge in [-0.15, -0.1) is 15.3 Å². The molecule has 0 nitrogen and oxygen atoms in total. The van der Waals surface area contributed by atoms with E-state index < -0.39 is 4.19 Å². The third-order valence-electron chi connectivity index (χ3n) is 2.54. The van der Waals surface area contributed by atoms with E-state index in [0.717, 1.165) is 0 Å². The minimum absolute atomic E-state index is 1.32. The average molecular weight is 397 g/mol. The van der Waals surface area contributed by atoms with Crippen molar-refractivity contribution in [1.82, 2.24) is 0 Å². The van der Waals surface area contributed by atoms with Crippen LogP contribution in [0.2, 0.25) is 6.04 Å². The molecule has 84 valence electrons. The number of halogens is 2. The first-order chi connectivity index (χ1) is 7.17. The van der Waals surface area contributed by atoms with Gasteiger partial charge in [-0.1, -0.05) is 84.7 Å². The first-order valence-corrected chi connectivity index (χ1v) is 13.2. The predicted molar refractivity (Wildman–Crippen MR) is 83.7 cm³/mol. The minimum atomic E-state index is -1.35. The fourth-order valence-electron chi connectivity index (χ4n) is 1.60. The summed E-state index contributed by atoms with van der Waals surface area (Å²) in [6.45, 7) is 2.26. The molecule has 1 rings (SSSR count). The van der Waals surface area contributed by atoms with Crippen LogP contribution in [0.3, 0.4) is 0 Å². The van der Waals surface area contributed by atoms with E-state index in [9.17, 15) is 0 Å².